The van der Waals surface area contributed by atoms with Gasteiger partial charge in [0.25, 0.3) is 11.8 Å². The van der Waals surface area contributed by atoms with Crippen molar-refractivity contribution >= 4 is 35.5 Å². The first-order valence-electron chi connectivity index (χ1n) is 18.2. The minimum Gasteiger partial charge on any atom is -0.466 e. The third-order valence-corrected chi connectivity index (χ3v) is 8.84. The molecule has 2 N–H and O–H groups in total. The molecule has 5 rings (SSSR count). The van der Waals surface area contributed by atoms with Gasteiger partial charge in [0.2, 0.25) is 5.91 Å². The number of hydrogen-bond acceptors (Lipinski definition) is 7. The third-order valence-electron chi connectivity index (χ3n) is 8.84. The second-order valence-electron chi connectivity index (χ2n) is 14.0. The molecule has 0 aromatic heterocycles. The van der Waals surface area contributed by atoms with E-state index < -0.39 is 35.7 Å². The molecule has 54 heavy (non-hydrogen) atoms. The lowest BCUT2D eigenvalue weighted by molar-refractivity contribution is -0.145. The first-order valence-corrected chi connectivity index (χ1v) is 18.2. The largest absolute Gasteiger partial charge is 0.466 e. The zero-order chi connectivity index (χ0) is 38.7. The van der Waals surface area contributed by atoms with Crippen LogP contribution in [0.3, 0.4) is 0 Å². The summed E-state index contributed by atoms with van der Waals surface area (Å²) in [6.07, 6.45) is -0.299. The van der Waals surface area contributed by atoms with Gasteiger partial charge >= 0.3 is 12.1 Å². The minimum atomic E-state index is -1.09. The molecular formula is C43H48N4O7. The van der Waals surface area contributed by atoms with E-state index in [-0.39, 0.29) is 56.5 Å². The van der Waals surface area contributed by atoms with Gasteiger partial charge in [0, 0.05) is 19.5 Å². The molecule has 0 bridgehead atoms. The normalized spacial score (nSPS) is 14.8. The number of anilines is 1. The van der Waals surface area contributed by atoms with Gasteiger partial charge in [-0.05, 0) is 68.5 Å². The summed E-state index contributed by atoms with van der Waals surface area (Å²) in [4.78, 5) is 71.4. The summed E-state index contributed by atoms with van der Waals surface area (Å²) >= 11 is 0. The number of nitrogens with one attached hydrogen (secondary N) is 2. The Morgan fingerprint density at radius 3 is 2.07 bits per heavy atom. The molecule has 4 amide bonds. The van der Waals surface area contributed by atoms with Crippen molar-refractivity contribution in [1.29, 1.82) is 0 Å². The van der Waals surface area contributed by atoms with Crippen LogP contribution in [0.5, 0.6) is 0 Å². The molecule has 0 spiro atoms. The molecule has 0 aliphatic carbocycles. The Morgan fingerprint density at radius 1 is 0.796 bits per heavy atom. The lowest BCUT2D eigenvalue weighted by atomic mass is 9.95. The molecule has 2 atom stereocenters. The highest BCUT2D eigenvalue weighted by atomic mass is 16.6. The van der Waals surface area contributed by atoms with Gasteiger partial charge < -0.3 is 29.9 Å². The van der Waals surface area contributed by atoms with Crippen LogP contribution in [0.2, 0.25) is 0 Å². The van der Waals surface area contributed by atoms with Crippen molar-refractivity contribution in [2.24, 2.45) is 0 Å². The van der Waals surface area contributed by atoms with Crippen LogP contribution in [-0.4, -0.2) is 60.0 Å². The quantitative estimate of drug-likeness (QED) is 0.109. The van der Waals surface area contributed by atoms with Crippen LogP contribution in [0, 0.1) is 0 Å². The Kier molecular flexibility index (Phi) is 13.2. The number of aryl methyl sites for hydroxylation is 1. The minimum absolute atomic E-state index is 0.123. The van der Waals surface area contributed by atoms with Crippen molar-refractivity contribution in [1.82, 2.24) is 15.5 Å². The maximum Gasteiger partial charge on any atom is 0.407 e. The fourth-order valence-corrected chi connectivity index (χ4v) is 6.43. The molecule has 1 aliphatic heterocycles. The van der Waals surface area contributed by atoms with Gasteiger partial charge in [-0.1, -0.05) is 97.1 Å². The molecule has 4 aromatic carbocycles. The molecule has 4 aromatic rings. The summed E-state index contributed by atoms with van der Waals surface area (Å²) in [6.45, 7) is 7.82. The Hall–Kier alpha value is -5.97. The van der Waals surface area contributed by atoms with Crippen LogP contribution < -0.4 is 15.5 Å². The highest BCUT2D eigenvalue weighted by Gasteiger charge is 2.44. The fourth-order valence-electron chi connectivity index (χ4n) is 6.43. The maximum absolute atomic E-state index is 15.2. The molecule has 0 radical (unpaired) electrons. The van der Waals surface area contributed by atoms with Gasteiger partial charge in [-0.2, -0.15) is 0 Å². The Morgan fingerprint density at radius 2 is 1.43 bits per heavy atom. The van der Waals surface area contributed by atoms with Crippen molar-refractivity contribution < 1.29 is 33.4 Å². The Labute approximate surface area is 316 Å². The lowest BCUT2D eigenvalue weighted by Crippen LogP contribution is -2.44. The number of alkyl carbamates (subject to hydrolysis) is 1. The molecule has 11 heteroatoms. The number of fused-ring (bicyclic) bond motifs is 1. The second kappa shape index (κ2) is 18.2. The number of carbonyl (C=O) groups excluding carboxylic acids is 5. The summed E-state index contributed by atoms with van der Waals surface area (Å²) in [7, 11) is 0. The number of nitrogens with zero attached hydrogens (tertiary/aromatic N) is 2. The highest BCUT2D eigenvalue weighted by Crippen LogP contribution is 2.42. The summed E-state index contributed by atoms with van der Waals surface area (Å²) < 4.78 is 10.6. The average Bonchev–Trinajstić information content (AvgIpc) is 3.24. The van der Waals surface area contributed by atoms with Gasteiger partial charge in [0.15, 0.2) is 0 Å². The smallest absolute Gasteiger partial charge is 0.407 e. The number of esters is 1. The number of ether oxygens (including phenoxy) is 2. The molecule has 0 saturated carbocycles. The van der Waals surface area contributed by atoms with Crippen molar-refractivity contribution in [2.75, 3.05) is 24.6 Å². The predicted octanol–water partition coefficient (Wildman–Crippen LogP) is 6.68. The van der Waals surface area contributed by atoms with E-state index in [0.717, 1.165) is 11.1 Å². The van der Waals surface area contributed by atoms with Gasteiger partial charge in [-0.25, -0.2) is 4.79 Å². The summed E-state index contributed by atoms with van der Waals surface area (Å²) in [5.74, 6) is -1.48. The monoisotopic (exact) mass is 732 g/mol. The SMILES string of the molecule is CCOC(=O)CC(c1ccccc1)N1C(=O)c2cc(CCC(=O)NCCNC(=O)OC(C)(C)C)ccc2N(Cc2ccccc2)C(=O)C1c1ccccc1. The Bertz CT molecular complexity index is 1910. The van der Waals surface area contributed by atoms with E-state index in [1.807, 2.05) is 97.1 Å². The Balaban J connectivity index is 1.51. The van der Waals surface area contributed by atoms with Gasteiger partial charge in [-0.15, -0.1) is 0 Å². The maximum atomic E-state index is 15.2. The van der Waals surface area contributed by atoms with Crippen molar-refractivity contribution in [3.8, 4) is 0 Å². The van der Waals surface area contributed by atoms with Crippen molar-refractivity contribution in [2.45, 2.75) is 71.2 Å². The molecule has 11 nitrogen and oxygen atoms in total. The van der Waals surface area contributed by atoms with Crippen molar-refractivity contribution in [3.63, 3.8) is 0 Å². The van der Waals surface area contributed by atoms with E-state index in [4.69, 9.17) is 9.47 Å². The summed E-state index contributed by atoms with van der Waals surface area (Å²) in [5.41, 5.74) is 2.96. The molecule has 282 valence electrons. The van der Waals surface area contributed by atoms with E-state index >= 15 is 9.59 Å². The van der Waals surface area contributed by atoms with E-state index in [1.165, 1.54) is 4.90 Å². The van der Waals surface area contributed by atoms with E-state index in [2.05, 4.69) is 10.6 Å². The van der Waals surface area contributed by atoms with E-state index in [9.17, 15) is 14.4 Å². The second-order valence-corrected chi connectivity index (χ2v) is 14.0. The molecular weight excluding hydrogens is 684 g/mol. The topological polar surface area (TPSA) is 134 Å². The molecule has 0 saturated heterocycles. The first-order chi connectivity index (χ1) is 25.9. The number of benzene rings is 4. The van der Waals surface area contributed by atoms with Crippen LogP contribution in [0.4, 0.5) is 10.5 Å². The van der Waals surface area contributed by atoms with Gasteiger partial charge in [0.1, 0.15) is 11.6 Å². The third kappa shape index (κ3) is 10.3. The molecule has 0 fully saturated rings. The van der Waals surface area contributed by atoms with E-state index in [1.54, 1.807) is 44.7 Å². The van der Waals surface area contributed by atoms with Crippen LogP contribution >= 0.6 is 0 Å². The van der Waals surface area contributed by atoms with Crippen molar-refractivity contribution in [3.05, 3.63) is 137 Å². The first kappa shape index (κ1) is 39.2. The standard InChI is InChI=1S/C43H48N4O7/c1-5-53-38(49)28-36(32-17-11-7-12-18-32)47-39(33-19-13-8-14-20-33)41(51)46(29-31-15-9-6-10-16-31)35-23-21-30(27-34(35)40(47)50)22-24-37(48)44-25-26-45-42(52)54-43(2,3)4/h6-21,23,27,36,39H,5,22,24-26,28-29H2,1-4H3,(H,44,48)(H,45,52). The summed E-state index contributed by atoms with van der Waals surface area (Å²) in [6, 6.07) is 31.3. The van der Waals surface area contributed by atoms with Crippen LogP contribution in [0.25, 0.3) is 0 Å². The predicted molar refractivity (Wildman–Crippen MR) is 205 cm³/mol. The van der Waals surface area contributed by atoms with Crippen LogP contribution in [0.1, 0.15) is 85.2 Å². The van der Waals surface area contributed by atoms with E-state index in [0.29, 0.717) is 23.2 Å². The molecule has 1 aliphatic rings. The molecule has 2 unspecified atom stereocenters. The van der Waals surface area contributed by atoms with Crippen LogP contribution in [-0.2, 0) is 36.8 Å². The number of amides is 4. The number of hydrogen-bond donors (Lipinski definition) is 2. The molecule has 1 heterocycles. The van der Waals surface area contributed by atoms with Gasteiger partial charge in [0.05, 0.1) is 36.9 Å². The average molecular weight is 733 g/mol. The number of rotatable bonds is 14. The summed E-state index contributed by atoms with van der Waals surface area (Å²) in [5, 5.41) is 5.42. The highest BCUT2D eigenvalue weighted by molar-refractivity contribution is 6.11. The van der Waals surface area contributed by atoms with Crippen LogP contribution in [0.15, 0.2) is 109 Å². The fraction of sp³-hybridized carbons (Fsp3) is 0.326. The zero-order valence-corrected chi connectivity index (χ0v) is 31.2. The van der Waals surface area contributed by atoms with Gasteiger partial charge in [-0.3, -0.25) is 19.2 Å². The number of carbonyl (C=O) groups is 5. The lowest BCUT2D eigenvalue weighted by Gasteiger charge is -2.37. The zero-order valence-electron chi connectivity index (χ0n) is 31.2.